The van der Waals surface area contributed by atoms with Crippen LogP contribution >= 0.6 is 27.5 Å². The number of aromatic hydroxyl groups is 1. The summed E-state index contributed by atoms with van der Waals surface area (Å²) in [5.74, 6) is -0.207. The van der Waals surface area contributed by atoms with Crippen molar-refractivity contribution in [3.63, 3.8) is 0 Å². The number of ether oxygens (including phenoxy) is 1. The summed E-state index contributed by atoms with van der Waals surface area (Å²) in [5.41, 5.74) is -0.148. The first-order chi connectivity index (χ1) is 10.4. The van der Waals surface area contributed by atoms with E-state index in [9.17, 15) is 9.50 Å². The van der Waals surface area contributed by atoms with Gasteiger partial charge in [0.1, 0.15) is 30.0 Å². The van der Waals surface area contributed by atoms with Crippen LogP contribution in [0.4, 0.5) is 4.39 Å². The second-order valence-corrected chi connectivity index (χ2v) is 6.17. The fourth-order valence-corrected chi connectivity index (χ4v) is 2.64. The van der Waals surface area contributed by atoms with Gasteiger partial charge in [0.15, 0.2) is 0 Å². The van der Waals surface area contributed by atoms with Crippen LogP contribution in [0.3, 0.4) is 0 Å². The molecule has 0 fully saturated rings. The van der Waals surface area contributed by atoms with Crippen molar-refractivity contribution in [2.24, 2.45) is 0 Å². The maximum Gasteiger partial charge on any atom is 0.242 e. The highest BCUT2D eigenvalue weighted by Gasteiger charge is 2.45. The van der Waals surface area contributed by atoms with Crippen molar-refractivity contribution < 1.29 is 14.2 Å². The largest absolute Gasteiger partial charge is 0.493 e. The molecule has 1 aliphatic rings. The zero-order valence-corrected chi connectivity index (χ0v) is 13.9. The molecule has 1 aliphatic carbocycles. The molecular weight excluding hydrogens is 379 g/mol. The van der Waals surface area contributed by atoms with Crippen LogP contribution in [0.2, 0.25) is 0 Å². The second-order valence-electron chi connectivity index (χ2n) is 4.64. The molecule has 0 amide bonds. The lowest BCUT2D eigenvalue weighted by Crippen LogP contribution is -2.32. The Morgan fingerprint density at radius 3 is 3.05 bits per heavy atom. The molecular formula is C13H13BrClFN4O2. The molecule has 6 nitrogen and oxygen atoms in total. The summed E-state index contributed by atoms with van der Waals surface area (Å²) < 4.78 is 20.2. The first-order valence-electron chi connectivity index (χ1n) is 6.37. The molecule has 2 rings (SSSR count). The van der Waals surface area contributed by atoms with Crippen LogP contribution in [0.25, 0.3) is 5.76 Å². The molecule has 3 atom stereocenters. The topological polar surface area (TPSA) is 91.1 Å². The molecule has 1 aromatic rings. The van der Waals surface area contributed by atoms with Crippen LogP contribution in [0.1, 0.15) is 17.7 Å². The number of alkyl halides is 3. The lowest BCUT2D eigenvalue weighted by molar-refractivity contribution is 0.224. The highest BCUT2D eigenvalue weighted by Crippen LogP contribution is 2.47. The minimum atomic E-state index is -2.32. The summed E-state index contributed by atoms with van der Waals surface area (Å²) in [6.45, 7) is 0.158. The Morgan fingerprint density at radius 1 is 1.68 bits per heavy atom. The van der Waals surface area contributed by atoms with Crippen molar-refractivity contribution in [3.8, 4) is 11.9 Å². The number of nitriles is 1. The predicted octanol–water partition coefficient (Wildman–Crippen LogP) is 2.18. The molecule has 0 aliphatic heterocycles. The van der Waals surface area contributed by atoms with Crippen LogP contribution in [0.15, 0.2) is 12.4 Å². The number of hydrogen-bond acceptors (Lipinski definition) is 6. The normalized spacial score (nSPS) is 24.9. The third-order valence-corrected chi connectivity index (χ3v) is 4.79. The summed E-state index contributed by atoms with van der Waals surface area (Å²) in [6.07, 6.45) is 2.67. The van der Waals surface area contributed by atoms with Gasteiger partial charge in [0, 0.05) is 0 Å². The van der Waals surface area contributed by atoms with E-state index in [4.69, 9.17) is 21.6 Å². The monoisotopic (exact) mass is 390 g/mol. The van der Waals surface area contributed by atoms with Crippen LogP contribution in [0, 0.1) is 11.3 Å². The summed E-state index contributed by atoms with van der Waals surface area (Å²) in [6, 6.07) is 1.83. The Labute approximate surface area is 140 Å². The van der Waals surface area contributed by atoms with Crippen molar-refractivity contribution in [2.45, 2.75) is 22.4 Å². The highest BCUT2D eigenvalue weighted by molar-refractivity contribution is 9.09. The van der Waals surface area contributed by atoms with Crippen LogP contribution < -0.4 is 5.32 Å². The zero-order valence-electron chi connectivity index (χ0n) is 11.6. The van der Waals surface area contributed by atoms with Crippen molar-refractivity contribution in [3.05, 3.63) is 23.7 Å². The van der Waals surface area contributed by atoms with E-state index >= 15 is 0 Å². The van der Waals surface area contributed by atoms with Crippen molar-refractivity contribution in [2.75, 3.05) is 13.7 Å². The fraction of sp³-hybridized carbons (Fsp3) is 0.462. The number of rotatable bonds is 5. The third kappa shape index (κ3) is 3.16. The Balaban J connectivity index is 2.32. The van der Waals surface area contributed by atoms with E-state index in [-0.39, 0.29) is 36.1 Å². The van der Waals surface area contributed by atoms with Crippen LogP contribution in [-0.2, 0) is 9.86 Å². The van der Waals surface area contributed by atoms with Gasteiger partial charge in [0.25, 0.3) is 0 Å². The van der Waals surface area contributed by atoms with Crippen molar-refractivity contribution in [1.82, 2.24) is 15.3 Å². The van der Waals surface area contributed by atoms with Crippen LogP contribution in [0.5, 0.6) is 5.88 Å². The first-order valence-corrected chi connectivity index (χ1v) is 7.66. The number of halogens is 3. The summed E-state index contributed by atoms with van der Waals surface area (Å²) in [4.78, 5) is 6.57. The van der Waals surface area contributed by atoms with Crippen LogP contribution in [-0.4, -0.2) is 39.6 Å². The third-order valence-electron chi connectivity index (χ3n) is 3.22. The summed E-state index contributed by atoms with van der Waals surface area (Å²) in [7, 11) is 1.70. The molecule has 3 unspecified atom stereocenters. The molecule has 0 saturated carbocycles. The number of nitrogens with zero attached hydrogens (tertiary/aromatic N) is 3. The maximum absolute atomic E-state index is 14.6. The van der Waals surface area contributed by atoms with E-state index in [1.54, 1.807) is 7.05 Å². The molecule has 9 heteroatoms. The van der Waals surface area contributed by atoms with E-state index in [1.807, 2.05) is 6.07 Å². The van der Waals surface area contributed by atoms with E-state index in [0.29, 0.717) is 0 Å². The molecule has 0 bridgehead atoms. The average molecular weight is 392 g/mol. The van der Waals surface area contributed by atoms with Gasteiger partial charge in [-0.25, -0.2) is 14.4 Å². The SMILES string of the molecule is CNC(CC#N)COC1=CC(Br)C(F)(Cl)c2ncnc(O)c21. The number of fused-ring (bicyclic) bond motifs is 1. The van der Waals surface area contributed by atoms with E-state index in [2.05, 4.69) is 31.2 Å². The first kappa shape index (κ1) is 16.9. The van der Waals surface area contributed by atoms with Crippen molar-refractivity contribution in [1.29, 1.82) is 5.26 Å². The van der Waals surface area contributed by atoms with Gasteiger partial charge in [-0.2, -0.15) is 5.26 Å². The fourth-order valence-electron chi connectivity index (χ4n) is 1.97. The van der Waals surface area contributed by atoms with E-state index < -0.39 is 15.8 Å². The average Bonchev–Trinajstić information content (AvgIpc) is 2.48. The Morgan fingerprint density at radius 2 is 2.41 bits per heavy atom. The number of likely N-dealkylation sites (N-methyl/N-ethyl adjacent to an activating group) is 1. The molecule has 22 heavy (non-hydrogen) atoms. The van der Waals surface area contributed by atoms with E-state index in [1.165, 1.54) is 6.08 Å². The molecule has 0 spiro atoms. The molecule has 118 valence electrons. The van der Waals surface area contributed by atoms with Gasteiger partial charge in [-0.05, 0) is 13.1 Å². The predicted molar refractivity (Wildman–Crippen MR) is 82.1 cm³/mol. The Bertz CT molecular complexity index is 635. The maximum atomic E-state index is 14.6. The molecule has 1 aromatic heterocycles. The van der Waals surface area contributed by atoms with Gasteiger partial charge in [-0.1, -0.05) is 27.5 Å². The minimum Gasteiger partial charge on any atom is -0.493 e. The Kier molecular flexibility index (Phi) is 5.21. The number of nitrogens with one attached hydrogen (secondary N) is 1. The van der Waals surface area contributed by atoms with Gasteiger partial charge in [-0.3, -0.25) is 0 Å². The zero-order chi connectivity index (χ0) is 16.3. The summed E-state index contributed by atoms with van der Waals surface area (Å²) >= 11 is 8.99. The molecule has 1 heterocycles. The second kappa shape index (κ2) is 6.77. The molecule has 2 N–H and O–H groups in total. The Hall–Kier alpha value is -1.43. The van der Waals surface area contributed by atoms with Crippen molar-refractivity contribution >= 4 is 33.3 Å². The summed E-state index contributed by atoms with van der Waals surface area (Å²) in [5, 5.41) is 19.2. The number of allylic oxidation sites excluding steroid dienone is 1. The molecule has 0 radical (unpaired) electrons. The lowest BCUT2D eigenvalue weighted by atomic mass is 9.99. The minimum absolute atomic E-state index is 0.0162. The standard InChI is InChI=1S/C13H13BrClFN4O2/c1-18-7(2-3-17)5-22-8-4-9(14)13(15,16)11-10(8)12(21)20-6-19-11/h4,6-7,9,18H,2,5H2,1H3,(H,19,20,21). The molecule has 0 aromatic carbocycles. The smallest absolute Gasteiger partial charge is 0.242 e. The quantitative estimate of drug-likeness (QED) is 0.748. The van der Waals surface area contributed by atoms with Gasteiger partial charge < -0.3 is 15.2 Å². The van der Waals surface area contributed by atoms with E-state index in [0.717, 1.165) is 6.33 Å². The molecule has 0 saturated heterocycles. The number of hydrogen-bond donors (Lipinski definition) is 2. The number of aromatic nitrogens is 2. The van der Waals surface area contributed by atoms with Gasteiger partial charge >= 0.3 is 0 Å². The van der Waals surface area contributed by atoms with Gasteiger partial charge in [0.05, 0.1) is 23.4 Å². The van der Waals surface area contributed by atoms with Gasteiger partial charge in [-0.15, -0.1) is 0 Å². The highest BCUT2D eigenvalue weighted by atomic mass is 79.9. The lowest BCUT2D eigenvalue weighted by Gasteiger charge is -2.29. The van der Waals surface area contributed by atoms with Gasteiger partial charge in [0.2, 0.25) is 11.0 Å².